The third-order valence-electron chi connectivity index (χ3n) is 2.45. The minimum absolute atomic E-state index is 0.964. The second-order valence-electron chi connectivity index (χ2n) is 3.66. The van der Waals surface area contributed by atoms with E-state index in [1.807, 2.05) is 41.9 Å². The van der Waals surface area contributed by atoms with Crippen molar-refractivity contribution >= 4 is 5.65 Å². The van der Waals surface area contributed by atoms with Crippen molar-refractivity contribution < 1.29 is 0 Å². The number of hydrogen-bond donors (Lipinski definition) is 1. The first-order valence-electron chi connectivity index (χ1n) is 4.93. The van der Waals surface area contributed by atoms with Crippen LogP contribution in [0.5, 0.6) is 0 Å². The van der Waals surface area contributed by atoms with Crippen LogP contribution in [0, 0.1) is 6.92 Å². The smallest absolute Gasteiger partial charge is 0.153 e. The van der Waals surface area contributed by atoms with Crippen LogP contribution in [0.3, 0.4) is 0 Å². The molecule has 74 valence electrons. The van der Waals surface area contributed by atoms with Crippen LogP contribution < -0.4 is 0 Å². The number of nitrogens with one attached hydrogen (secondary N) is 1. The lowest BCUT2D eigenvalue weighted by atomic mass is 10.2. The topological polar surface area (TPSA) is 33.1 Å². The Balaban J connectivity index is 2.16. The molecule has 0 saturated carbocycles. The highest BCUT2D eigenvalue weighted by molar-refractivity contribution is 5.62. The fourth-order valence-corrected chi connectivity index (χ4v) is 1.75. The van der Waals surface area contributed by atoms with E-state index in [0.717, 1.165) is 22.6 Å². The predicted octanol–water partition coefficient (Wildman–Crippen LogP) is 2.64. The van der Waals surface area contributed by atoms with Crippen molar-refractivity contribution in [2.24, 2.45) is 0 Å². The van der Waals surface area contributed by atoms with Crippen molar-refractivity contribution in [3.63, 3.8) is 0 Å². The Hall–Kier alpha value is -2.03. The lowest BCUT2D eigenvalue weighted by Gasteiger charge is -1.93. The summed E-state index contributed by atoms with van der Waals surface area (Å²) in [4.78, 5) is 4.54. The molecule has 0 amide bonds. The lowest BCUT2D eigenvalue weighted by molar-refractivity contribution is 0.945. The number of aromatic amines is 1. The largest absolute Gasteiger partial charge is 0.297 e. The van der Waals surface area contributed by atoms with Gasteiger partial charge < -0.3 is 0 Å². The summed E-state index contributed by atoms with van der Waals surface area (Å²) in [7, 11) is 0. The van der Waals surface area contributed by atoms with Gasteiger partial charge in [0.25, 0.3) is 0 Å². The molecule has 0 aliphatic rings. The number of imidazole rings is 1. The van der Waals surface area contributed by atoms with Crippen LogP contribution in [-0.4, -0.2) is 14.6 Å². The standard InChI is InChI=1S/C12H11N3/c1-9-7-12-13-11(8-15(12)14-9)10-5-3-2-4-6-10/h2-8,14H,1H3. The lowest BCUT2D eigenvalue weighted by Crippen LogP contribution is -1.80. The van der Waals surface area contributed by atoms with E-state index in [4.69, 9.17) is 0 Å². The van der Waals surface area contributed by atoms with Gasteiger partial charge in [-0.05, 0) is 6.92 Å². The first-order chi connectivity index (χ1) is 7.33. The molecule has 0 atom stereocenters. The number of rotatable bonds is 1. The molecular weight excluding hydrogens is 186 g/mol. The minimum atomic E-state index is 0.964. The highest BCUT2D eigenvalue weighted by Gasteiger charge is 2.04. The van der Waals surface area contributed by atoms with Crippen molar-refractivity contribution in [1.82, 2.24) is 14.6 Å². The molecule has 1 aromatic carbocycles. The molecule has 3 aromatic rings. The van der Waals surface area contributed by atoms with E-state index in [1.165, 1.54) is 0 Å². The Morgan fingerprint density at radius 3 is 2.73 bits per heavy atom. The van der Waals surface area contributed by atoms with Crippen molar-refractivity contribution in [3.8, 4) is 11.3 Å². The molecule has 0 saturated heterocycles. The maximum atomic E-state index is 4.54. The number of aryl methyl sites for hydroxylation is 1. The average Bonchev–Trinajstić information content (AvgIpc) is 2.76. The normalized spacial score (nSPS) is 11.0. The Labute approximate surface area is 87.4 Å². The van der Waals surface area contributed by atoms with Gasteiger partial charge in [-0.15, -0.1) is 0 Å². The number of H-pyrrole nitrogens is 1. The van der Waals surface area contributed by atoms with Gasteiger partial charge in [-0.25, -0.2) is 9.50 Å². The molecule has 0 fully saturated rings. The van der Waals surface area contributed by atoms with Crippen molar-refractivity contribution in [1.29, 1.82) is 0 Å². The summed E-state index contributed by atoms with van der Waals surface area (Å²) in [6.45, 7) is 2.02. The first kappa shape index (κ1) is 8.29. The van der Waals surface area contributed by atoms with Crippen LogP contribution in [0.25, 0.3) is 16.9 Å². The van der Waals surface area contributed by atoms with Gasteiger partial charge >= 0.3 is 0 Å². The zero-order chi connectivity index (χ0) is 10.3. The number of fused-ring (bicyclic) bond motifs is 1. The van der Waals surface area contributed by atoms with Crippen LogP contribution in [0.2, 0.25) is 0 Å². The molecule has 0 aliphatic heterocycles. The van der Waals surface area contributed by atoms with E-state index in [2.05, 4.69) is 22.2 Å². The second kappa shape index (κ2) is 2.98. The van der Waals surface area contributed by atoms with E-state index in [1.54, 1.807) is 0 Å². The van der Waals surface area contributed by atoms with Gasteiger partial charge in [0, 0.05) is 17.3 Å². The van der Waals surface area contributed by atoms with Gasteiger partial charge in [0.2, 0.25) is 0 Å². The number of benzene rings is 1. The molecule has 0 spiro atoms. The van der Waals surface area contributed by atoms with Gasteiger partial charge in [0.05, 0.1) is 11.9 Å². The summed E-state index contributed by atoms with van der Waals surface area (Å²) >= 11 is 0. The Morgan fingerprint density at radius 2 is 2.00 bits per heavy atom. The average molecular weight is 197 g/mol. The molecular formula is C12H11N3. The van der Waals surface area contributed by atoms with Crippen molar-refractivity contribution in [2.75, 3.05) is 0 Å². The summed E-state index contributed by atoms with van der Waals surface area (Å²) in [5.74, 6) is 0. The van der Waals surface area contributed by atoms with E-state index < -0.39 is 0 Å². The molecule has 0 radical (unpaired) electrons. The second-order valence-corrected chi connectivity index (χ2v) is 3.66. The van der Waals surface area contributed by atoms with E-state index in [0.29, 0.717) is 0 Å². The molecule has 3 rings (SSSR count). The summed E-state index contributed by atoms with van der Waals surface area (Å²) in [6.07, 6.45) is 2.01. The third kappa shape index (κ3) is 1.32. The summed E-state index contributed by atoms with van der Waals surface area (Å²) < 4.78 is 1.94. The maximum absolute atomic E-state index is 4.54. The van der Waals surface area contributed by atoms with Gasteiger partial charge in [-0.2, -0.15) is 0 Å². The Bertz CT molecular complexity index is 558. The number of nitrogens with zero attached hydrogens (tertiary/aromatic N) is 2. The van der Waals surface area contributed by atoms with Crippen molar-refractivity contribution in [2.45, 2.75) is 6.92 Å². The summed E-state index contributed by atoms with van der Waals surface area (Å²) in [5.41, 5.74) is 4.23. The zero-order valence-electron chi connectivity index (χ0n) is 8.44. The number of hydrogen-bond acceptors (Lipinski definition) is 1. The zero-order valence-corrected chi connectivity index (χ0v) is 8.44. The fraction of sp³-hybridized carbons (Fsp3) is 0.0833. The van der Waals surface area contributed by atoms with E-state index >= 15 is 0 Å². The van der Waals surface area contributed by atoms with Crippen LogP contribution in [0.4, 0.5) is 0 Å². The van der Waals surface area contributed by atoms with Crippen LogP contribution in [-0.2, 0) is 0 Å². The summed E-state index contributed by atoms with van der Waals surface area (Å²) in [6, 6.07) is 12.2. The summed E-state index contributed by atoms with van der Waals surface area (Å²) in [5, 5.41) is 3.20. The van der Waals surface area contributed by atoms with Crippen LogP contribution >= 0.6 is 0 Å². The van der Waals surface area contributed by atoms with Gasteiger partial charge in [0.1, 0.15) is 0 Å². The number of aromatic nitrogens is 3. The monoisotopic (exact) mass is 197 g/mol. The fourth-order valence-electron chi connectivity index (χ4n) is 1.75. The minimum Gasteiger partial charge on any atom is -0.297 e. The highest BCUT2D eigenvalue weighted by Crippen LogP contribution is 2.18. The van der Waals surface area contributed by atoms with E-state index in [-0.39, 0.29) is 0 Å². The molecule has 3 nitrogen and oxygen atoms in total. The SMILES string of the molecule is Cc1cc2nc(-c3ccccc3)cn2[nH]1. The van der Waals surface area contributed by atoms with Crippen LogP contribution in [0.1, 0.15) is 5.69 Å². The van der Waals surface area contributed by atoms with E-state index in [9.17, 15) is 0 Å². The third-order valence-corrected chi connectivity index (χ3v) is 2.45. The van der Waals surface area contributed by atoms with Gasteiger partial charge in [-0.3, -0.25) is 5.10 Å². The predicted molar refractivity (Wildman–Crippen MR) is 59.7 cm³/mol. The maximum Gasteiger partial charge on any atom is 0.153 e. The molecule has 0 bridgehead atoms. The molecule has 0 aliphatic carbocycles. The molecule has 2 aromatic heterocycles. The first-order valence-corrected chi connectivity index (χ1v) is 4.93. The quantitative estimate of drug-likeness (QED) is 0.639. The highest BCUT2D eigenvalue weighted by atomic mass is 15.3. The Morgan fingerprint density at radius 1 is 1.20 bits per heavy atom. The van der Waals surface area contributed by atoms with Crippen molar-refractivity contribution in [3.05, 3.63) is 48.3 Å². The molecule has 3 heteroatoms. The van der Waals surface area contributed by atoms with Crippen LogP contribution in [0.15, 0.2) is 42.6 Å². The van der Waals surface area contributed by atoms with Gasteiger partial charge in [-0.1, -0.05) is 30.3 Å². The molecule has 15 heavy (non-hydrogen) atoms. The molecule has 2 heterocycles. The molecule has 1 N–H and O–H groups in total. The Kier molecular flexibility index (Phi) is 1.65. The molecule has 0 unspecified atom stereocenters. The van der Waals surface area contributed by atoms with Gasteiger partial charge in [0.15, 0.2) is 5.65 Å².